The maximum absolute atomic E-state index is 12.4. The minimum atomic E-state index is -0.613. The van der Waals surface area contributed by atoms with Crippen LogP contribution in [0.4, 0.5) is 5.69 Å². The molecule has 0 saturated heterocycles. The molecule has 0 atom stereocenters. The summed E-state index contributed by atoms with van der Waals surface area (Å²) in [5, 5.41) is 12.4. The van der Waals surface area contributed by atoms with Crippen LogP contribution in [0.5, 0.6) is 11.5 Å². The quantitative estimate of drug-likeness (QED) is 0.489. The second-order valence-corrected chi connectivity index (χ2v) is 6.59. The number of amides is 1. The monoisotopic (exact) mass is 454 g/mol. The molecule has 0 heterocycles. The second-order valence-electron chi connectivity index (χ2n) is 4.95. The molecule has 2 aromatic carbocycles. The summed E-state index contributed by atoms with van der Waals surface area (Å²) in [6, 6.07) is 10.0. The fourth-order valence-corrected chi connectivity index (χ4v) is 2.86. The van der Waals surface area contributed by atoms with E-state index in [1.165, 1.54) is 20.3 Å². The standard InChI is InChI=1S/C18H13BrCl2N2O3/c1-25-15-7-10(12(19)8-16(15)26-2)6-11(9-22)18(24)23-14-5-3-4-13(20)17(14)21/h3-8H,1-2H3,(H,23,24)/b11-6+. The van der Waals surface area contributed by atoms with E-state index in [4.69, 9.17) is 32.7 Å². The predicted molar refractivity (Wildman–Crippen MR) is 106 cm³/mol. The summed E-state index contributed by atoms with van der Waals surface area (Å²) < 4.78 is 11.1. The number of nitriles is 1. The Kier molecular flexibility index (Phi) is 6.92. The first-order chi connectivity index (χ1) is 12.4. The Bertz CT molecular complexity index is 923. The van der Waals surface area contributed by atoms with Gasteiger partial charge in [-0.3, -0.25) is 4.79 Å². The van der Waals surface area contributed by atoms with Crippen LogP contribution in [0.25, 0.3) is 6.08 Å². The van der Waals surface area contributed by atoms with Gasteiger partial charge in [-0.05, 0) is 35.9 Å². The molecule has 5 nitrogen and oxygen atoms in total. The minimum absolute atomic E-state index is 0.117. The van der Waals surface area contributed by atoms with Gasteiger partial charge in [-0.2, -0.15) is 5.26 Å². The van der Waals surface area contributed by atoms with E-state index >= 15 is 0 Å². The van der Waals surface area contributed by atoms with Crippen LogP contribution in [0.1, 0.15) is 5.56 Å². The molecule has 0 saturated carbocycles. The second kappa shape index (κ2) is 8.95. The number of nitrogens with one attached hydrogen (secondary N) is 1. The molecule has 0 aliphatic heterocycles. The molecular weight excluding hydrogens is 443 g/mol. The third-order valence-corrected chi connectivity index (χ3v) is 4.87. The number of carbonyl (C=O) groups is 1. The van der Waals surface area contributed by atoms with E-state index in [2.05, 4.69) is 21.2 Å². The van der Waals surface area contributed by atoms with Crippen molar-refractivity contribution < 1.29 is 14.3 Å². The Morgan fingerprint density at radius 3 is 2.50 bits per heavy atom. The zero-order chi connectivity index (χ0) is 19.3. The molecule has 0 spiro atoms. The van der Waals surface area contributed by atoms with E-state index in [1.54, 1.807) is 30.3 Å². The number of ether oxygens (including phenoxy) is 2. The summed E-state index contributed by atoms with van der Waals surface area (Å²) in [6.07, 6.45) is 1.43. The van der Waals surface area contributed by atoms with Crippen LogP contribution in [0.3, 0.4) is 0 Å². The summed E-state index contributed by atoms with van der Waals surface area (Å²) in [6.45, 7) is 0. The van der Waals surface area contributed by atoms with Crippen LogP contribution in [0.2, 0.25) is 10.0 Å². The van der Waals surface area contributed by atoms with Gasteiger partial charge in [0.2, 0.25) is 0 Å². The highest BCUT2D eigenvalue weighted by Crippen LogP contribution is 2.34. The molecule has 0 aliphatic carbocycles. The van der Waals surface area contributed by atoms with Crippen LogP contribution in [-0.4, -0.2) is 20.1 Å². The molecule has 134 valence electrons. The Morgan fingerprint density at radius 2 is 1.88 bits per heavy atom. The molecule has 0 fully saturated rings. The van der Waals surface area contributed by atoms with E-state index in [-0.39, 0.29) is 10.6 Å². The number of halogens is 3. The van der Waals surface area contributed by atoms with Gasteiger partial charge < -0.3 is 14.8 Å². The lowest BCUT2D eigenvalue weighted by Gasteiger charge is -2.11. The molecule has 0 radical (unpaired) electrons. The lowest BCUT2D eigenvalue weighted by Crippen LogP contribution is -2.13. The number of hydrogen-bond donors (Lipinski definition) is 1. The maximum Gasteiger partial charge on any atom is 0.266 e. The van der Waals surface area contributed by atoms with E-state index in [0.717, 1.165) is 0 Å². The van der Waals surface area contributed by atoms with Crippen molar-refractivity contribution in [3.63, 3.8) is 0 Å². The first-order valence-electron chi connectivity index (χ1n) is 7.20. The van der Waals surface area contributed by atoms with Crippen molar-refractivity contribution in [2.75, 3.05) is 19.5 Å². The van der Waals surface area contributed by atoms with E-state index < -0.39 is 5.91 Å². The Morgan fingerprint density at radius 1 is 1.23 bits per heavy atom. The first kappa shape index (κ1) is 20.1. The number of nitrogens with zero attached hydrogens (tertiary/aromatic N) is 1. The van der Waals surface area contributed by atoms with Gasteiger partial charge in [0.05, 0.1) is 30.0 Å². The first-order valence-corrected chi connectivity index (χ1v) is 8.74. The summed E-state index contributed by atoms with van der Waals surface area (Å²) in [4.78, 5) is 12.4. The van der Waals surface area contributed by atoms with Gasteiger partial charge in [0.1, 0.15) is 11.6 Å². The van der Waals surface area contributed by atoms with E-state index in [9.17, 15) is 10.1 Å². The Labute approximate surface area is 169 Å². The number of benzene rings is 2. The molecule has 1 amide bonds. The SMILES string of the molecule is COc1cc(Br)c(/C=C(\C#N)C(=O)Nc2cccc(Cl)c2Cl)cc1OC. The molecule has 0 bridgehead atoms. The highest BCUT2D eigenvalue weighted by Gasteiger charge is 2.15. The zero-order valence-electron chi connectivity index (χ0n) is 13.8. The molecule has 0 unspecified atom stereocenters. The van der Waals surface area contributed by atoms with E-state index in [0.29, 0.717) is 32.2 Å². The van der Waals surface area contributed by atoms with Crippen LogP contribution in [0, 0.1) is 11.3 Å². The topological polar surface area (TPSA) is 71.3 Å². The van der Waals surface area contributed by atoms with Crippen molar-refractivity contribution in [1.82, 2.24) is 0 Å². The van der Waals surface area contributed by atoms with Gasteiger partial charge in [-0.15, -0.1) is 0 Å². The van der Waals surface area contributed by atoms with Gasteiger partial charge in [0.25, 0.3) is 5.91 Å². The number of hydrogen-bond acceptors (Lipinski definition) is 4. The number of methoxy groups -OCH3 is 2. The Balaban J connectivity index is 2.37. The van der Waals surface area contributed by atoms with Gasteiger partial charge in [-0.25, -0.2) is 0 Å². The zero-order valence-corrected chi connectivity index (χ0v) is 16.9. The summed E-state index contributed by atoms with van der Waals surface area (Å²) >= 11 is 15.4. The lowest BCUT2D eigenvalue weighted by atomic mass is 10.1. The van der Waals surface area contributed by atoms with Crippen molar-refractivity contribution in [3.05, 3.63) is 56.0 Å². The number of anilines is 1. The van der Waals surface area contributed by atoms with Gasteiger partial charge in [0.15, 0.2) is 11.5 Å². The lowest BCUT2D eigenvalue weighted by molar-refractivity contribution is -0.112. The van der Waals surface area contributed by atoms with Crippen molar-refractivity contribution in [2.24, 2.45) is 0 Å². The molecule has 0 aliphatic rings. The molecule has 0 aromatic heterocycles. The molecule has 2 rings (SSSR count). The van der Waals surface area contributed by atoms with Crippen molar-refractivity contribution in [3.8, 4) is 17.6 Å². The molecular formula is C18H13BrCl2N2O3. The smallest absolute Gasteiger partial charge is 0.266 e. The van der Waals surface area contributed by atoms with E-state index in [1.807, 2.05) is 6.07 Å². The highest BCUT2D eigenvalue weighted by molar-refractivity contribution is 9.10. The average Bonchev–Trinajstić information content (AvgIpc) is 2.64. The maximum atomic E-state index is 12.4. The summed E-state index contributed by atoms with van der Waals surface area (Å²) in [5.74, 6) is 0.376. The van der Waals surface area contributed by atoms with Gasteiger partial charge in [0, 0.05) is 4.47 Å². The van der Waals surface area contributed by atoms with Crippen LogP contribution < -0.4 is 14.8 Å². The van der Waals surface area contributed by atoms with Crippen molar-refractivity contribution in [2.45, 2.75) is 0 Å². The highest BCUT2D eigenvalue weighted by atomic mass is 79.9. The largest absolute Gasteiger partial charge is 0.493 e. The third kappa shape index (κ3) is 4.50. The van der Waals surface area contributed by atoms with Gasteiger partial charge in [-0.1, -0.05) is 45.2 Å². The molecule has 2 aromatic rings. The molecule has 8 heteroatoms. The summed E-state index contributed by atoms with van der Waals surface area (Å²) in [7, 11) is 3.01. The van der Waals surface area contributed by atoms with Crippen LogP contribution >= 0.6 is 39.1 Å². The minimum Gasteiger partial charge on any atom is -0.493 e. The van der Waals surface area contributed by atoms with Crippen molar-refractivity contribution in [1.29, 1.82) is 5.26 Å². The molecule has 26 heavy (non-hydrogen) atoms. The normalized spacial score (nSPS) is 10.8. The van der Waals surface area contributed by atoms with Gasteiger partial charge >= 0.3 is 0 Å². The fraction of sp³-hybridized carbons (Fsp3) is 0.111. The fourth-order valence-electron chi connectivity index (χ4n) is 2.07. The third-order valence-electron chi connectivity index (χ3n) is 3.37. The van der Waals surface area contributed by atoms with Crippen molar-refractivity contribution >= 4 is 56.8 Å². The number of carbonyl (C=O) groups excluding carboxylic acids is 1. The average molecular weight is 456 g/mol. The summed E-state index contributed by atoms with van der Waals surface area (Å²) in [5.41, 5.74) is 0.775. The molecule has 1 N–H and O–H groups in total. The van der Waals surface area contributed by atoms with Crippen LogP contribution in [0.15, 0.2) is 40.4 Å². The number of rotatable bonds is 5. The predicted octanol–water partition coefficient (Wildman–Crippen LogP) is 5.32. The van der Waals surface area contributed by atoms with Crippen LogP contribution in [-0.2, 0) is 4.79 Å². The Hall–Kier alpha value is -2.20.